The molecule has 1 aliphatic heterocycles. The molecule has 1 saturated carbocycles. The van der Waals surface area contributed by atoms with Crippen molar-refractivity contribution in [2.24, 2.45) is 11.3 Å². The topological polar surface area (TPSA) is 60.8 Å². The normalized spacial score (nSPS) is 39.1. The Morgan fingerprint density at radius 2 is 2.13 bits per heavy atom. The van der Waals surface area contributed by atoms with Crippen LogP contribution in [0.15, 0.2) is 0 Å². The van der Waals surface area contributed by atoms with E-state index in [1.54, 1.807) is 0 Å². The molecule has 0 bridgehead atoms. The average Bonchev–Trinajstić information content (AvgIpc) is 2.71. The van der Waals surface area contributed by atoms with Crippen LogP contribution in [0.4, 0.5) is 4.79 Å². The van der Waals surface area contributed by atoms with Crippen LogP contribution in [0, 0.1) is 11.3 Å². The number of fused-ring (bicyclic) bond motifs is 1. The van der Waals surface area contributed by atoms with Gasteiger partial charge in [0.05, 0.1) is 18.2 Å². The van der Waals surface area contributed by atoms with Crippen molar-refractivity contribution in [3.63, 3.8) is 0 Å². The quantitative estimate of drug-likeness (QED) is 0.694. The SMILES string of the molecule is CC(C)(C)[C@@]12C[C@H]1C[C@H](CO)N2C(=O)O. The van der Waals surface area contributed by atoms with Gasteiger partial charge in [0, 0.05) is 0 Å². The van der Waals surface area contributed by atoms with Crippen molar-refractivity contribution in [2.75, 3.05) is 6.61 Å². The summed E-state index contributed by atoms with van der Waals surface area (Å²) in [6.07, 6.45) is 0.892. The molecular formula is C11H19NO3. The molecule has 2 aliphatic rings. The van der Waals surface area contributed by atoms with Gasteiger partial charge in [-0.15, -0.1) is 0 Å². The third kappa shape index (κ3) is 1.20. The molecule has 0 radical (unpaired) electrons. The molecule has 3 atom stereocenters. The Morgan fingerprint density at radius 1 is 1.53 bits per heavy atom. The Balaban J connectivity index is 2.33. The van der Waals surface area contributed by atoms with E-state index >= 15 is 0 Å². The van der Waals surface area contributed by atoms with E-state index in [1.165, 1.54) is 4.90 Å². The highest BCUT2D eigenvalue weighted by molar-refractivity contribution is 5.69. The van der Waals surface area contributed by atoms with E-state index < -0.39 is 6.09 Å². The largest absolute Gasteiger partial charge is 0.465 e. The Labute approximate surface area is 89.9 Å². The van der Waals surface area contributed by atoms with Gasteiger partial charge in [0.2, 0.25) is 0 Å². The van der Waals surface area contributed by atoms with Crippen LogP contribution in [0.5, 0.6) is 0 Å². The van der Waals surface area contributed by atoms with Crippen LogP contribution in [0.1, 0.15) is 33.6 Å². The summed E-state index contributed by atoms with van der Waals surface area (Å²) < 4.78 is 0. The van der Waals surface area contributed by atoms with Gasteiger partial charge in [-0.1, -0.05) is 20.8 Å². The first kappa shape index (κ1) is 10.7. The second-order valence-corrected chi connectivity index (χ2v) is 5.80. The molecule has 1 amide bonds. The van der Waals surface area contributed by atoms with Gasteiger partial charge in [0.25, 0.3) is 0 Å². The van der Waals surface area contributed by atoms with E-state index in [4.69, 9.17) is 0 Å². The summed E-state index contributed by atoms with van der Waals surface area (Å²) in [5.74, 6) is 0.450. The van der Waals surface area contributed by atoms with E-state index in [9.17, 15) is 15.0 Å². The molecule has 2 fully saturated rings. The number of hydrogen-bond donors (Lipinski definition) is 2. The minimum Gasteiger partial charge on any atom is -0.465 e. The number of likely N-dealkylation sites (tertiary alicyclic amines) is 1. The lowest BCUT2D eigenvalue weighted by Crippen LogP contribution is -2.52. The third-order valence-corrected chi connectivity index (χ3v) is 4.14. The average molecular weight is 213 g/mol. The first-order chi connectivity index (χ1) is 6.84. The summed E-state index contributed by atoms with van der Waals surface area (Å²) in [6.45, 7) is 6.20. The third-order valence-electron chi connectivity index (χ3n) is 4.14. The molecule has 4 heteroatoms. The zero-order valence-electron chi connectivity index (χ0n) is 9.53. The predicted octanol–water partition coefficient (Wildman–Crippen LogP) is 1.54. The number of hydrogen-bond acceptors (Lipinski definition) is 2. The van der Waals surface area contributed by atoms with Gasteiger partial charge in [0.15, 0.2) is 0 Å². The van der Waals surface area contributed by atoms with Crippen LogP contribution < -0.4 is 0 Å². The van der Waals surface area contributed by atoms with Crippen LogP contribution in [-0.4, -0.2) is 39.4 Å². The summed E-state index contributed by atoms with van der Waals surface area (Å²) in [6, 6.07) is -0.194. The van der Waals surface area contributed by atoms with Gasteiger partial charge in [-0.05, 0) is 24.2 Å². The Morgan fingerprint density at radius 3 is 2.53 bits per heavy atom. The standard InChI is InChI=1S/C11H19NO3/c1-10(2,3)11-5-7(11)4-8(6-13)12(11)9(14)15/h7-8,13H,4-6H2,1-3H3,(H,14,15)/t7-,8-,11-/m1/s1. The maximum Gasteiger partial charge on any atom is 0.408 e. The lowest BCUT2D eigenvalue weighted by molar-refractivity contribution is 0.0432. The highest BCUT2D eigenvalue weighted by Gasteiger charge is 2.71. The highest BCUT2D eigenvalue weighted by Crippen LogP contribution is 2.65. The van der Waals surface area contributed by atoms with Crippen LogP contribution in [0.2, 0.25) is 0 Å². The van der Waals surface area contributed by atoms with Crippen molar-refractivity contribution in [1.82, 2.24) is 4.90 Å². The van der Waals surface area contributed by atoms with Gasteiger partial charge >= 0.3 is 6.09 Å². The van der Waals surface area contributed by atoms with Crippen molar-refractivity contribution >= 4 is 6.09 Å². The van der Waals surface area contributed by atoms with Crippen molar-refractivity contribution in [3.8, 4) is 0 Å². The first-order valence-corrected chi connectivity index (χ1v) is 5.47. The molecule has 4 nitrogen and oxygen atoms in total. The van der Waals surface area contributed by atoms with E-state index in [2.05, 4.69) is 20.8 Å². The highest BCUT2D eigenvalue weighted by atomic mass is 16.4. The van der Waals surface area contributed by atoms with Crippen LogP contribution in [0.25, 0.3) is 0 Å². The second-order valence-electron chi connectivity index (χ2n) is 5.80. The number of aliphatic hydroxyl groups excluding tert-OH is 1. The van der Waals surface area contributed by atoms with Gasteiger partial charge in [-0.3, -0.25) is 4.90 Å². The molecule has 2 N–H and O–H groups in total. The lowest BCUT2D eigenvalue weighted by Gasteiger charge is -2.39. The summed E-state index contributed by atoms with van der Waals surface area (Å²) >= 11 is 0. The molecule has 2 rings (SSSR count). The minimum atomic E-state index is -0.885. The summed E-state index contributed by atoms with van der Waals surface area (Å²) in [5, 5.41) is 18.5. The number of carboxylic acid groups (broad SMARTS) is 1. The smallest absolute Gasteiger partial charge is 0.408 e. The second kappa shape index (κ2) is 2.88. The number of rotatable bonds is 1. The maximum atomic E-state index is 11.3. The van der Waals surface area contributed by atoms with Crippen molar-refractivity contribution in [1.29, 1.82) is 0 Å². The van der Waals surface area contributed by atoms with E-state index in [1.807, 2.05) is 0 Å². The molecule has 0 spiro atoms. The van der Waals surface area contributed by atoms with Gasteiger partial charge in [-0.2, -0.15) is 0 Å². The fourth-order valence-electron chi connectivity index (χ4n) is 3.41. The maximum absolute atomic E-state index is 11.3. The van der Waals surface area contributed by atoms with Crippen LogP contribution in [-0.2, 0) is 0 Å². The molecule has 1 aliphatic carbocycles. The van der Waals surface area contributed by atoms with Crippen LogP contribution in [0.3, 0.4) is 0 Å². The van der Waals surface area contributed by atoms with Crippen molar-refractivity contribution in [2.45, 2.75) is 45.2 Å². The van der Waals surface area contributed by atoms with Gasteiger partial charge in [-0.25, -0.2) is 4.79 Å². The summed E-state index contributed by atoms with van der Waals surface area (Å²) in [5.41, 5.74) is -0.258. The number of aliphatic hydroxyl groups is 1. The molecule has 86 valence electrons. The number of piperidine rings is 1. The first-order valence-electron chi connectivity index (χ1n) is 5.47. The lowest BCUT2D eigenvalue weighted by atomic mass is 9.82. The summed E-state index contributed by atoms with van der Waals surface area (Å²) in [7, 11) is 0. The molecular weight excluding hydrogens is 194 g/mol. The van der Waals surface area contributed by atoms with Crippen molar-refractivity contribution in [3.05, 3.63) is 0 Å². The van der Waals surface area contributed by atoms with Gasteiger partial charge < -0.3 is 10.2 Å². The molecule has 0 aromatic rings. The fourth-order valence-corrected chi connectivity index (χ4v) is 3.41. The molecule has 1 heterocycles. The molecule has 1 saturated heterocycles. The summed E-state index contributed by atoms with van der Waals surface area (Å²) in [4.78, 5) is 12.8. The molecule has 0 unspecified atom stereocenters. The number of nitrogens with zero attached hydrogens (tertiary/aromatic N) is 1. The predicted molar refractivity (Wildman–Crippen MR) is 55.6 cm³/mol. The van der Waals surface area contributed by atoms with E-state index in [-0.39, 0.29) is 23.6 Å². The fraction of sp³-hybridized carbons (Fsp3) is 0.909. The minimum absolute atomic E-state index is 0.0417. The van der Waals surface area contributed by atoms with Crippen LogP contribution >= 0.6 is 0 Å². The molecule has 0 aromatic carbocycles. The molecule has 0 aromatic heterocycles. The zero-order valence-corrected chi connectivity index (χ0v) is 9.53. The van der Waals surface area contributed by atoms with Crippen molar-refractivity contribution < 1.29 is 15.0 Å². The number of carbonyl (C=O) groups is 1. The Hall–Kier alpha value is -0.770. The van der Waals surface area contributed by atoms with E-state index in [0.717, 1.165) is 12.8 Å². The number of amides is 1. The Bertz CT molecular complexity index is 297. The van der Waals surface area contributed by atoms with E-state index in [0.29, 0.717) is 5.92 Å². The zero-order chi connectivity index (χ0) is 11.4. The molecule has 15 heavy (non-hydrogen) atoms. The Kier molecular flexibility index (Phi) is 2.06. The van der Waals surface area contributed by atoms with Gasteiger partial charge in [0.1, 0.15) is 0 Å². The monoisotopic (exact) mass is 213 g/mol.